The van der Waals surface area contributed by atoms with Crippen molar-refractivity contribution in [2.24, 2.45) is 0 Å². The first-order valence-electron chi connectivity index (χ1n) is 5.95. The number of carbonyl (C=O) groups excluding carboxylic acids is 1. The summed E-state index contributed by atoms with van der Waals surface area (Å²) < 4.78 is 5.07. The largest absolute Gasteiger partial charge is 0.495 e. The van der Waals surface area contributed by atoms with Gasteiger partial charge in [-0.3, -0.25) is 4.79 Å². The number of methoxy groups -OCH3 is 1. The van der Waals surface area contributed by atoms with E-state index in [4.69, 9.17) is 16.3 Å². The minimum absolute atomic E-state index is 0.0266. The second kappa shape index (κ2) is 5.16. The van der Waals surface area contributed by atoms with Crippen LogP contribution in [0.1, 0.15) is 19.8 Å². The molecular weight excluding hydrogens is 252 g/mol. The van der Waals surface area contributed by atoms with E-state index in [9.17, 15) is 4.79 Å². The lowest BCUT2D eigenvalue weighted by Gasteiger charge is -2.23. The van der Waals surface area contributed by atoms with Crippen LogP contribution in [0.4, 0.5) is 5.69 Å². The summed E-state index contributed by atoms with van der Waals surface area (Å²) in [6, 6.07) is 5.21. The van der Waals surface area contributed by atoms with Crippen molar-refractivity contribution < 1.29 is 9.53 Å². The number of rotatable bonds is 3. The molecule has 1 aromatic carbocycles. The zero-order chi connectivity index (χ0) is 13.2. The van der Waals surface area contributed by atoms with E-state index >= 15 is 0 Å². The number of nitrogens with one attached hydrogen (secondary N) is 2. The van der Waals surface area contributed by atoms with E-state index in [1.807, 2.05) is 6.92 Å². The fourth-order valence-corrected chi connectivity index (χ4v) is 2.36. The van der Waals surface area contributed by atoms with Gasteiger partial charge in [0.15, 0.2) is 0 Å². The van der Waals surface area contributed by atoms with Crippen LogP contribution in [0, 0.1) is 0 Å². The van der Waals surface area contributed by atoms with Crippen molar-refractivity contribution in [1.29, 1.82) is 0 Å². The molecule has 1 aliphatic heterocycles. The molecular formula is C13H17ClN2O2. The Kier molecular flexibility index (Phi) is 3.78. The Morgan fingerprint density at radius 3 is 2.89 bits per heavy atom. The highest BCUT2D eigenvalue weighted by molar-refractivity contribution is 6.32. The summed E-state index contributed by atoms with van der Waals surface area (Å²) in [5.41, 5.74) is 0.201. The molecule has 0 saturated carbocycles. The molecule has 1 amide bonds. The standard InChI is InChI=1S/C13H17ClN2O2/c1-13(6-3-7-15-13)12(17)16-9-4-5-11(18-2)10(14)8-9/h4-5,8,15H,3,6-7H2,1-2H3,(H,16,17). The van der Waals surface area contributed by atoms with Crippen molar-refractivity contribution in [1.82, 2.24) is 5.32 Å². The highest BCUT2D eigenvalue weighted by Crippen LogP contribution is 2.28. The summed E-state index contributed by atoms with van der Waals surface area (Å²) in [5, 5.41) is 6.58. The zero-order valence-corrected chi connectivity index (χ0v) is 11.3. The molecule has 1 fully saturated rings. The number of benzene rings is 1. The molecule has 0 bridgehead atoms. The van der Waals surface area contributed by atoms with Crippen LogP contribution in [0.3, 0.4) is 0 Å². The Morgan fingerprint density at radius 2 is 2.33 bits per heavy atom. The highest BCUT2D eigenvalue weighted by atomic mass is 35.5. The van der Waals surface area contributed by atoms with Gasteiger partial charge in [-0.25, -0.2) is 0 Å². The van der Waals surface area contributed by atoms with E-state index in [2.05, 4.69) is 10.6 Å². The fraction of sp³-hybridized carbons (Fsp3) is 0.462. The third-order valence-electron chi connectivity index (χ3n) is 3.28. The van der Waals surface area contributed by atoms with Gasteiger partial charge in [-0.05, 0) is 44.5 Å². The van der Waals surface area contributed by atoms with Gasteiger partial charge in [0.05, 0.1) is 17.7 Å². The summed E-state index contributed by atoms with van der Waals surface area (Å²) in [6.07, 6.45) is 1.87. The topological polar surface area (TPSA) is 50.4 Å². The Morgan fingerprint density at radius 1 is 1.56 bits per heavy atom. The Labute approximate surface area is 112 Å². The van der Waals surface area contributed by atoms with Crippen molar-refractivity contribution >= 4 is 23.2 Å². The number of halogens is 1. The molecule has 2 N–H and O–H groups in total. The second-order valence-corrected chi connectivity index (χ2v) is 5.07. The van der Waals surface area contributed by atoms with Gasteiger partial charge in [-0.15, -0.1) is 0 Å². The van der Waals surface area contributed by atoms with Crippen molar-refractivity contribution in [3.63, 3.8) is 0 Å². The molecule has 1 aliphatic rings. The number of ether oxygens (including phenoxy) is 1. The molecule has 1 saturated heterocycles. The van der Waals surface area contributed by atoms with Crippen LogP contribution < -0.4 is 15.4 Å². The van der Waals surface area contributed by atoms with Crippen molar-refractivity contribution in [2.75, 3.05) is 19.0 Å². The molecule has 1 unspecified atom stereocenters. The molecule has 0 aromatic heterocycles. The molecule has 1 aromatic rings. The van der Waals surface area contributed by atoms with Gasteiger partial charge >= 0.3 is 0 Å². The summed E-state index contributed by atoms with van der Waals surface area (Å²) in [5.74, 6) is 0.570. The first-order chi connectivity index (χ1) is 8.55. The van der Waals surface area contributed by atoms with Crippen LogP contribution in [-0.2, 0) is 4.79 Å². The lowest BCUT2D eigenvalue weighted by molar-refractivity contribution is -0.121. The van der Waals surface area contributed by atoms with Crippen LogP contribution in [-0.4, -0.2) is 25.1 Å². The first-order valence-corrected chi connectivity index (χ1v) is 6.33. The first kappa shape index (κ1) is 13.2. The minimum Gasteiger partial charge on any atom is -0.495 e. The summed E-state index contributed by atoms with van der Waals surface area (Å²) in [7, 11) is 1.56. The van der Waals surface area contributed by atoms with Gasteiger partial charge in [0.1, 0.15) is 5.75 Å². The van der Waals surface area contributed by atoms with Gasteiger partial charge in [0.2, 0.25) is 5.91 Å². The van der Waals surface area contributed by atoms with Crippen LogP contribution in [0.5, 0.6) is 5.75 Å². The van der Waals surface area contributed by atoms with E-state index in [0.29, 0.717) is 16.5 Å². The van der Waals surface area contributed by atoms with Gasteiger partial charge < -0.3 is 15.4 Å². The van der Waals surface area contributed by atoms with Crippen molar-refractivity contribution in [3.8, 4) is 5.75 Å². The Balaban J connectivity index is 2.09. The number of anilines is 1. The Bertz CT molecular complexity index is 456. The lowest BCUT2D eigenvalue weighted by Crippen LogP contribution is -2.47. The van der Waals surface area contributed by atoms with Gasteiger partial charge in [-0.1, -0.05) is 11.6 Å². The van der Waals surface area contributed by atoms with Crippen LogP contribution in [0.25, 0.3) is 0 Å². The molecule has 1 heterocycles. The zero-order valence-electron chi connectivity index (χ0n) is 10.5. The van der Waals surface area contributed by atoms with Gasteiger partial charge in [0.25, 0.3) is 0 Å². The van der Waals surface area contributed by atoms with Crippen molar-refractivity contribution in [2.45, 2.75) is 25.3 Å². The average molecular weight is 269 g/mol. The molecule has 5 heteroatoms. The normalized spacial score (nSPS) is 22.8. The molecule has 98 valence electrons. The molecule has 0 radical (unpaired) electrons. The predicted octanol–water partition coefficient (Wildman–Crippen LogP) is 2.43. The van der Waals surface area contributed by atoms with E-state index in [1.54, 1.807) is 25.3 Å². The summed E-state index contributed by atoms with van der Waals surface area (Å²) >= 11 is 6.02. The molecule has 4 nitrogen and oxygen atoms in total. The quantitative estimate of drug-likeness (QED) is 0.885. The predicted molar refractivity (Wildman–Crippen MR) is 72.3 cm³/mol. The SMILES string of the molecule is COc1ccc(NC(=O)C2(C)CCCN2)cc1Cl. The smallest absolute Gasteiger partial charge is 0.244 e. The van der Waals surface area contributed by atoms with Crippen LogP contribution in [0.2, 0.25) is 5.02 Å². The van der Waals surface area contributed by atoms with Crippen molar-refractivity contribution in [3.05, 3.63) is 23.2 Å². The third-order valence-corrected chi connectivity index (χ3v) is 3.57. The summed E-state index contributed by atoms with van der Waals surface area (Å²) in [4.78, 5) is 12.2. The van der Waals surface area contributed by atoms with E-state index in [-0.39, 0.29) is 5.91 Å². The maximum absolute atomic E-state index is 12.2. The number of hydrogen-bond acceptors (Lipinski definition) is 3. The average Bonchev–Trinajstić information content (AvgIpc) is 2.78. The van der Waals surface area contributed by atoms with E-state index < -0.39 is 5.54 Å². The van der Waals surface area contributed by atoms with Crippen LogP contribution in [0.15, 0.2) is 18.2 Å². The number of amides is 1. The monoisotopic (exact) mass is 268 g/mol. The molecule has 0 aliphatic carbocycles. The maximum atomic E-state index is 12.2. The molecule has 0 spiro atoms. The molecule has 18 heavy (non-hydrogen) atoms. The molecule has 1 atom stereocenters. The Hall–Kier alpha value is -1.26. The van der Waals surface area contributed by atoms with Crippen LogP contribution >= 0.6 is 11.6 Å². The number of hydrogen-bond donors (Lipinski definition) is 2. The lowest BCUT2D eigenvalue weighted by atomic mass is 9.99. The fourth-order valence-electron chi connectivity index (χ4n) is 2.10. The van der Waals surface area contributed by atoms with Gasteiger partial charge in [0, 0.05) is 5.69 Å². The minimum atomic E-state index is -0.480. The third kappa shape index (κ3) is 2.60. The summed E-state index contributed by atoms with van der Waals surface area (Å²) in [6.45, 7) is 2.80. The van der Waals surface area contributed by atoms with E-state index in [0.717, 1.165) is 19.4 Å². The maximum Gasteiger partial charge on any atom is 0.244 e. The highest BCUT2D eigenvalue weighted by Gasteiger charge is 2.35. The van der Waals surface area contributed by atoms with E-state index in [1.165, 1.54) is 0 Å². The molecule has 2 rings (SSSR count). The number of carbonyl (C=O) groups is 1. The van der Waals surface area contributed by atoms with Gasteiger partial charge in [-0.2, -0.15) is 0 Å². The second-order valence-electron chi connectivity index (χ2n) is 4.67.